The molecule has 0 radical (unpaired) electrons. The number of aromatic nitrogens is 2. The minimum Gasteiger partial charge on any atom is -0.353 e. The van der Waals surface area contributed by atoms with Crippen molar-refractivity contribution in [1.29, 1.82) is 0 Å². The Hall–Kier alpha value is -0.700. The first-order chi connectivity index (χ1) is 6.63. The van der Waals surface area contributed by atoms with Crippen molar-refractivity contribution in [2.24, 2.45) is 0 Å². The van der Waals surface area contributed by atoms with Crippen molar-refractivity contribution in [1.82, 2.24) is 9.55 Å². The maximum atomic E-state index is 5.92. The SMILES string of the molecule is CCn1ccnc1NC(C)CC(C)Cl. The summed E-state index contributed by atoms with van der Waals surface area (Å²) in [4.78, 5) is 4.24. The minimum atomic E-state index is 0.197. The number of halogens is 1. The predicted molar refractivity (Wildman–Crippen MR) is 60.9 cm³/mol. The third-order valence-corrected chi connectivity index (χ3v) is 2.29. The highest BCUT2D eigenvalue weighted by Gasteiger charge is 2.08. The van der Waals surface area contributed by atoms with Gasteiger partial charge in [0.2, 0.25) is 5.95 Å². The number of imidazole rings is 1. The lowest BCUT2D eigenvalue weighted by molar-refractivity contribution is 0.672. The van der Waals surface area contributed by atoms with E-state index in [1.54, 1.807) is 0 Å². The summed E-state index contributed by atoms with van der Waals surface area (Å²) in [6, 6.07) is 0.357. The van der Waals surface area contributed by atoms with E-state index in [2.05, 4.69) is 28.7 Å². The van der Waals surface area contributed by atoms with Crippen molar-refractivity contribution in [2.75, 3.05) is 5.32 Å². The summed E-state index contributed by atoms with van der Waals surface area (Å²) in [7, 11) is 0. The summed E-state index contributed by atoms with van der Waals surface area (Å²) in [6.45, 7) is 7.16. The number of nitrogens with zero attached hydrogens (tertiary/aromatic N) is 2. The fourth-order valence-corrected chi connectivity index (χ4v) is 1.74. The van der Waals surface area contributed by atoms with Gasteiger partial charge in [-0.1, -0.05) is 0 Å². The van der Waals surface area contributed by atoms with Gasteiger partial charge >= 0.3 is 0 Å². The summed E-state index contributed by atoms with van der Waals surface area (Å²) >= 11 is 5.92. The number of anilines is 1. The van der Waals surface area contributed by atoms with Crippen molar-refractivity contribution in [3.63, 3.8) is 0 Å². The van der Waals surface area contributed by atoms with Crippen LogP contribution in [0.3, 0.4) is 0 Å². The third kappa shape index (κ3) is 3.22. The summed E-state index contributed by atoms with van der Waals surface area (Å²) in [5.41, 5.74) is 0. The smallest absolute Gasteiger partial charge is 0.202 e. The van der Waals surface area contributed by atoms with Crippen LogP contribution in [-0.2, 0) is 6.54 Å². The van der Waals surface area contributed by atoms with Crippen LogP contribution in [0.4, 0.5) is 5.95 Å². The minimum absolute atomic E-state index is 0.197. The molecule has 0 aliphatic rings. The van der Waals surface area contributed by atoms with Gasteiger partial charge in [-0.2, -0.15) is 0 Å². The lowest BCUT2D eigenvalue weighted by atomic mass is 10.2. The fourth-order valence-electron chi connectivity index (χ4n) is 1.47. The Morgan fingerprint density at radius 1 is 1.57 bits per heavy atom. The summed E-state index contributed by atoms with van der Waals surface area (Å²) < 4.78 is 2.08. The molecule has 0 saturated heterocycles. The van der Waals surface area contributed by atoms with E-state index in [1.807, 2.05) is 19.3 Å². The highest BCUT2D eigenvalue weighted by molar-refractivity contribution is 6.20. The van der Waals surface area contributed by atoms with Crippen molar-refractivity contribution in [2.45, 2.75) is 45.2 Å². The summed E-state index contributed by atoms with van der Waals surface area (Å²) in [5.74, 6) is 0.928. The molecule has 0 spiro atoms. The van der Waals surface area contributed by atoms with E-state index in [0.717, 1.165) is 18.9 Å². The van der Waals surface area contributed by atoms with Gasteiger partial charge < -0.3 is 9.88 Å². The van der Waals surface area contributed by atoms with Gasteiger partial charge in [0.05, 0.1) is 0 Å². The molecule has 14 heavy (non-hydrogen) atoms. The average Bonchev–Trinajstić information content (AvgIpc) is 2.50. The van der Waals surface area contributed by atoms with Crippen LogP contribution >= 0.6 is 11.6 Å². The molecule has 1 aromatic rings. The molecule has 0 aromatic carbocycles. The average molecular weight is 216 g/mol. The van der Waals surface area contributed by atoms with Crippen LogP contribution in [0.1, 0.15) is 27.2 Å². The third-order valence-electron chi connectivity index (χ3n) is 2.11. The van der Waals surface area contributed by atoms with E-state index in [-0.39, 0.29) is 5.38 Å². The highest BCUT2D eigenvalue weighted by atomic mass is 35.5. The van der Waals surface area contributed by atoms with E-state index in [4.69, 9.17) is 11.6 Å². The van der Waals surface area contributed by atoms with Crippen LogP contribution in [0.2, 0.25) is 0 Å². The van der Waals surface area contributed by atoms with E-state index >= 15 is 0 Å². The number of nitrogens with one attached hydrogen (secondary N) is 1. The van der Waals surface area contributed by atoms with E-state index in [0.29, 0.717) is 6.04 Å². The molecule has 1 aromatic heterocycles. The van der Waals surface area contributed by atoms with Gasteiger partial charge in [0.15, 0.2) is 0 Å². The molecular weight excluding hydrogens is 198 g/mol. The Bertz CT molecular complexity index is 270. The molecule has 1 heterocycles. The van der Waals surface area contributed by atoms with Gasteiger partial charge in [-0.3, -0.25) is 0 Å². The van der Waals surface area contributed by atoms with E-state index in [9.17, 15) is 0 Å². The van der Waals surface area contributed by atoms with Gasteiger partial charge in [0.1, 0.15) is 0 Å². The fraction of sp³-hybridized carbons (Fsp3) is 0.700. The number of hydrogen-bond donors (Lipinski definition) is 1. The molecule has 1 rings (SSSR count). The Kier molecular flexibility index (Phi) is 4.26. The Labute approximate surface area is 90.5 Å². The van der Waals surface area contributed by atoms with Gasteiger partial charge in [-0.15, -0.1) is 11.6 Å². The van der Waals surface area contributed by atoms with Crippen LogP contribution in [0.15, 0.2) is 12.4 Å². The molecule has 0 aliphatic heterocycles. The number of aryl methyl sites for hydroxylation is 1. The summed E-state index contributed by atoms with van der Waals surface area (Å²) in [6.07, 6.45) is 4.72. The number of rotatable bonds is 5. The molecule has 80 valence electrons. The van der Waals surface area contributed by atoms with Gasteiger partial charge in [-0.05, 0) is 27.2 Å². The molecule has 2 unspecified atom stereocenters. The zero-order chi connectivity index (χ0) is 10.6. The molecular formula is C10H18ClN3. The predicted octanol–water partition coefficient (Wildman–Crippen LogP) is 2.72. The van der Waals surface area contributed by atoms with Crippen molar-refractivity contribution in [3.05, 3.63) is 12.4 Å². The van der Waals surface area contributed by atoms with Crippen molar-refractivity contribution < 1.29 is 0 Å². The molecule has 0 amide bonds. The maximum absolute atomic E-state index is 5.92. The molecule has 0 aliphatic carbocycles. The van der Waals surface area contributed by atoms with Crippen LogP contribution < -0.4 is 5.32 Å². The first-order valence-electron chi connectivity index (χ1n) is 5.05. The maximum Gasteiger partial charge on any atom is 0.202 e. The van der Waals surface area contributed by atoms with Gasteiger partial charge in [0, 0.05) is 30.4 Å². The lowest BCUT2D eigenvalue weighted by Crippen LogP contribution is -2.20. The molecule has 0 fully saturated rings. The van der Waals surface area contributed by atoms with Crippen LogP contribution in [0, 0.1) is 0 Å². The topological polar surface area (TPSA) is 29.9 Å². The van der Waals surface area contributed by atoms with E-state index < -0.39 is 0 Å². The van der Waals surface area contributed by atoms with Crippen LogP contribution in [0.5, 0.6) is 0 Å². The van der Waals surface area contributed by atoms with E-state index in [1.165, 1.54) is 0 Å². The molecule has 2 atom stereocenters. The second kappa shape index (κ2) is 5.25. The Morgan fingerprint density at radius 3 is 2.86 bits per heavy atom. The lowest BCUT2D eigenvalue weighted by Gasteiger charge is -2.16. The molecule has 1 N–H and O–H groups in total. The number of alkyl halides is 1. The standard InChI is InChI=1S/C10H18ClN3/c1-4-14-6-5-12-10(14)13-9(3)7-8(2)11/h5-6,8-9H,4,7H2,1-3H3,(H,12,13). The number of hydrogen-bond acceptors (Lipinski definition) is 2. The van der Waals surface area contributed by atoms with Crippen LogP contribution in [0.25, 0.3) is 0 Å². The second-order valence-electron chi connectivity index (χ2n) is 3.60. The molecule has 4 heteroatoms. The zero-order valence-electron chi connectivity index (χ0n) is 9.00. The molecule has 0 bridgehead atoms. The first-order valence-corrected chi connectivity index (χ1v) is 5.48. The van der Waals surface area contributed by atoms with Crippen molar-refractivity contribution >= 4 is 17.5 Å². The summed E-state index contributed by atoms with van der Waals surface area (Å²) in [5, 5.41) is 3.54. The monoisotopic (exact) mass is 215 g/mol. The molecule has 3 nitrogen and oxygen atoms in total. The van der Waals surface area contributed by atoms with Gasteiger partial charge in [-0.25, -0.2) is 4.98 Å². The highest BCUT2D eigenvalue weighted by Crippen LogP contribution is 2.10. The quantitative estimate of drug-likeness (QED) is 0.766. The Balaban J connectivity index is 2.51. The Morgan fingerprint density at radius 2 is 2.29 bits per heavy atom. The van der Waals surface area contributed by atoms with Crippen LogP contribution in [-0.4, -0.2) is 21.0 Å². The zero-order valence-corrected chi connectivity index (χ0v) is 9.75. The largest absolute Gasteiger partial charge is 0.353 e. The van der Waals surface area contributed by atoms with Crippen molar-refractivity contribution in [3.8, 4) is 0 Å². The van der Waals surface area contributed by atoms with Gasteiger partial charge in [0.25, 0.3) is 0 Å². The molecule has 0 saturated carbocycles. The normalized spacial score (nSPS) is 15.1. The first kappa shape index (κ1) is 11.4. The second-order valence-corrected chi connectivity index (χ2v) is 4.34.